The lowest BCUT2D eigenvalue weighted by atomic mass is 9.68. The van der Waals surface area contributed by atoms with Gasteiger partial charge in [-0.2, -0.15) is 11.8 Å². The maximum atomic E-state index is 13.2. The number of carbonyl (C=O) groups is 3. The predicted octanol–water partition coefficient (Wildman–Crippen LogP) is 14.2. The minimum absolute atomic E-state index is 0.135. The molecule has 0 radical (unpaired) electrons. The maximum absolute atomic E-state index is 13.2. The summed E-state index contributed by atoms with van der Waals surface area (Å²) in [5, 5.41) is 21.0. The highest BCUT2D eigenvalue weighted by Crippen LogP contribution is 2.49. The lowest BCUT2D eigenvalue weighted by molar-refractivity contribution is 0.0764. The summed E-state index contributed by atoms with van der Waals surface area (Å²) in [5.74, 6) is 4.36. The third kappa shape index (κ3) is 14.5. The first-order chi connectivity index (χ1) is 36.5. The summed E-state index contributed by atoms with van der Waals surface area (Å²) in [4.78, 5) is 37.7. The van der Waals surface area contributed by atoms with Gasteiger partial charge in [0.1, 0.15) is 34.5 Å². The molecule has 5 aliphatic rings. The minimum Gasteiger partial charge on any atom is -0.508 e. The number of Topliss-reactive ketones (excluding diaryl/α,β-unsaturated/α-hetero) is 3. The van der Waals surface area contributed by atoms with Gasteiger partial charge in [-0.15, -0.1) is 0 Å². The standard InChI is InChI=1S/C20H20O3.C18H16O3.C11H12O2.C9H10Br2O.C2H6S.BF3/c1-22-16-6-4-14-11-20(12-15(14)9-16)8-7-13-3-5-17(23-2)10-18(13)19(20)21;19-14-4-2-12-9-18(10-13(12)7-14)6-5-11-1-3-15(20)8-16(11)17(18)21;1-13-9-6-5-8-3-2-4-11(12)10(8)7-9;1-12-9-3-2-7(5-10)8(4-9)6-11;1-3-2;2-1(3)4/h3-6,9-10H,7-8,11-12H2,1-2H3;1-4,7-8,19-20H,5-6,9-10H2;5-7H,2-4H2,1H3;2-4H,5-6H2,1H3;1-2H3;. The summed E-state index contributed by atoms with van der Waals surface area (Å²) in [5.41, 5.74) is 12.4. The van der Waals surface area contributed by atoms with E-state index in [4.69, 9.17) is 18.9 Å². The Kier molecular flexibility index (Phi) is 21.6. The number of phenolic OH excluding ortho intramolecular Hbond substituents is 2. The van der Waals surface area contributed by atoms with Crippen molar-refractivity contribution in [3.05, 3.63) is 176 Å². The van der Waals surface area contributed by atoms with Crippen LogP contribution >= 0.6 is 43.6 Å². The monoisotopic (exact) mass is 1190 g/mol. The van der Waals surface area contributed by atoms with Gasteiger partial charge in [0.15, 0.2) is 17.3 Å². The van der Waals surface area contributed by atoms with Crippen molar-refractivity contribution in [1.82, 2.24) is 0 Å². The van der Waals surface area contributed by atoms with Crippen molar-refractivity contribution in [2.75, 3.05) is 41.0 Å². The molecule has 2 unspecified atom stereocenters. The SMILES string of the molecule is COc1ccc(CBr)c(CBr)c1.COc1ccc2c(c1)C(=O)CCC2.COc1ccc2c(c1)CC1(CCc3ccc(OC)cc3C1=O)C2.CSC.FB(F)F.O=C1c2cc(O)ccc2CCC12Cc1ccc(O)cc1C2. The van der Waals surface area contributed by atoms with Crippen LogP contribution in [-0.2, 0) is 55.6 Å². The van der Waals surface area contributed by atoms with Crippen LogP contribution in [0.3, 0.4) is 0 Å². The molecule has 16 heteroatoms. The van der Waals surface area contributed by atoms with Crippen LogP contribution in [0.25, 0.3) is 0 Å². The molecule has 0 heterocycles. The van der Waals surface area contributed by atoms with E-state index in [9.17, 15) is 37.5 Å². The molecule has 0 fully saturated rings. The van der Waals surface area contributed by atoms with Gasteiger partial charge in [0.2, 0.25) is 0 Å². The number of alkyl halides is 2. The zero-order valence-corrected chi connectivity index (χ0v) is 47.7. The first kappa shape index (κ1) is 59.5. The Hall–Kier alpha value is -5.71. The molecule has 11 rings (SSSR count). The van der Waals surface area contributed by atoms with Crippen molar-refractivity contribution >= 4 is 68.5 Å². The van der Waals surface area contributed by atoms with Crippen molar-refractivity contribution in [3.63, 3.8) is 0 Å². The van der Waals surface area contributed by atoms with Crippen LogP contribution in [0, 0.1) is 10.8 Å². The third-order valence-corrected chi connectivity index (χ3v) is 15.7. The van der Waals surface area contributed by atoms with Gasteiger partial charge >= 0.3 is 7.54 Å². The number of hydrogen-bond donors (Lipinski definition) is 2. The Balaban J connectivity index is 0.000000163. The second-order valence-electron chi connectivity index (χ2n) is 19.2. The second-order valence-corrected chi connectivity index (χ2v) is 21.2. The molecule has 6 aromatic carbocycles. The molecular weight excluding hydrogens is 1120 g/mol. The third-order valence-electron chi connectivity index (χ3n) is 14.5. The summed E-state index contributed by atoms with van der Waals surface area (Å²) < 4.78 is 49.8. The minimum atomic E-state index is -3.67. The molecule has 0 aliphatic heterocycles. The Morgan fingerprint density at radius 2 is 0.868 bits per heavy atom. The van der Waals surface area contributed by atoms with E-state index in [0.717, 1.165) is 130 Å². The van der Waals surface area contributed by atoms with Gasteiger partial charge in [-0.3, -0.25) is 27.3 Å². The normalized spacial score (nSPS) is 17.8. The number of rotatable bonds is 6. The van der Waals surface area contributed by atoms with Crippen LogP contribution in [0.1, 0.15) is 107 Å². The summed E-state index contributed by atoms with van der Waals surface area (Å²) >= 11 is 8.62. The van der Waals surface area contributed by atoms with Crippen LogP contribution in [-0.4, -0.2) is 76.1 Å². The largest absolute Gasteiger partial charge is 0.762 e. The Morgan fingerprint density at radius 3 is 1.38 bits per heavy atom. The Bertz CT molecular complexity index is 3010. The molecule has 76 heavy (non-hydrogen) atoms. The smallest absolute Gasteiger partial charge is 0.508 e. The second kappa shape index (κ2) is 27.6. The number of carbonyl (C=O) groups excluding carboxylic acids is 3. The molecule has 5 aliphatic carbocycles. The lowest BCUT2D eigenvalue weighted by Crippen LogP contribution is -2.36. The summed E-state index contributed by atoms with van der Waals surface area (Å²) in [7, 11) is 2.96. The number of benzene rings is 6. The number of ketones is 3. The van der Waals surface area contributed by atoms with Gasteiger partial charge in [0, 0.05) is 44.6 Å². The Labute approximate surface area is 465 Å². The number of hydrogen-bond acceptors (Lipinski definition) is 10. The van der Waals surface area contributed by atoms with Crippen LogP contribution in [0.15, 0.2) is 109 Å². The van der Waals surface area contributed by atoms with Gasteiger partial charge in [-0.05, 0) is 200 Å². The quantitative estimate of drug-likeness (QED) is 0.123. The first-order valence-corrected chi connectivity index (χ1v) is 28.7. The highest BCUT2D eigenvalue weighted by molar-refractivity contribution is 9.09. The number of thioether (sulfide) groups is 1. The Morgan fingerprint density at radius 1 is 0.487 bits per heavy atom. The van der Waals surface area contributed by atoms with Crippen LogP contribution in [0.2, 0.25) is 0 Å². The van der Waals surface area contributed by atoms with Crippen molar-refractivity contribution in [2.24, 2.45) is 10.8 Å². The fourth-order valence-electron chi connectivity index (χ4n) is 10.6. The van der Waals surface area contributed by atoms with Crippen molar-refractivity contribution in [1.29, 1.82) is 0 Å². The van der Waals surface area contributed by atoms with Crippen LogP contribution in [0.5, 0.6) is 34.5 Å². The summed E-state index contributed by atoms with van der Waals surface area (Å²) in [6, 6.07) is 34.4. The molecule has 2 N–H and O–H groups in total. The summed E-state index contributed by atoms with van der Waals surface area (Å²) in [6.45, 7) is 0. The molecular formula is C60H64BBr2F3O9S. The zero-order valence-electron chi connectivity index (χ0n) is 43.7. The number of ether oxygens (including phenoxy) is 4. The zero-order chi connectivity index (χ0) is 55.2. The molecule has 0 saturated carbocycles. The van der Waals surface area contributed by atoms with Crippen molar-refractivity contribution in [3.8, 4) is 34.5 Å². The number of fused-ring (bicyclic) bond motifs is 5. The van der Waals surface area contributed by atoms with E-state index in [1.165, 1.54) is 22.3 Å². The van der Waals surface area contributed by atoms with Crippen LogP contribution in [0.4, 0.5) is 12.9 Å². The van der Waals surface area contributed by atoms with Crippen molar-refractivity contribution in [2.45, 2.75) is 81.3 Å². The molecule has 6 aromatic rings. The number of methoxy groups -OCH3 is 4. The number of phenols is 2. The molecule has 9 nitrogen and oxygen atoms in total. The molecule has 0 bridgehead atoms. The van der Waals surface area contributed by atoms with E-state index in [2.05, 4.69) is 50.1 Å². The predicted molar refractivity (Wildman–Crippen MR) is 304 cm³/mol. The van der Waals surface area contributed by atoms with E-state index in [-0.39, 0.29) is 34.3 Å². The van der Waals surface area contributed by atoms with Crippen molar-refractivity contribution < 1.29 is 56.5 Å². The molecule has 0 aromatic heterocycles. The molecule has 2 atom stereocenters. The van der Waals surface area contributed by atoms with E-state index in [0.29, 0.717) is 18.4 Å². The fraction of sp³-hybridized carbons (Fsp3) is 0.350. The van der Waals surface area contributed by atoms with Gasteiger partial charge in [-0.25, -0.2) is 0 Å². The molecule has 2 spiro atoms. The van der Waals surface area contributed by atoms with E-state index in [1.807, 2.05) is 79.2 Å². The van der Waals surface area contributed by atoms with Gasteiger partial charge < -0.3 is 29.2 Å². The van der Waals surface area contributed by atoms with E-state index in [1.54, 1.807) is 64.5 Å². The molecule has 0 amide bonds. The number of aromatic hydroxyl groups is 2. The lowest BCUT2D eigenvalue weighted by Gasteiger charge is -2.33. The average molecular weight is 1190 g/mol. The number of aryl methyl sites for hydroxylation is 3. The van der Waals surface area contributed by atoms with Gasteiger partial charge in [-0.1, -0.05) is 68.3 Å². The highest BCUT2D eigenvalue weighted by atomic mass is 79.9. The van der Waals surface area contributed by atoms with Gasteiger partial charge in [0.25, 0.3) is 0 Å². The number of halogens is 5. The van der Waals surface area contributed by atoms with E-state index >= 15 is 0 Å². The summed E-state index contributed by atoms with van der Waals surface area (Å²) in [6.07, 6.45) is 13.4. The molecule has 0 saturated heterocycles. The fourth-order valence-corrected chi connectivity index (χ4v) is 11.7. The highest BCUT2D eigenvalue weighted by Gasteiger charge is 2.48. The van der Waals surface area contributed by atoms with E-state index < -0.39 is 13.0 Å². The van der Waals surface area contributed by atoms with Gasteiger partial charge in [0.05, 0.1) is 28.4 Å². The maximum Gasteiger partial charge on any atom is 0.762 e. The topological polar surface area (TPSA) is 129 Å². The molecule has 402 valence electrons. The van der Waals surface area contributed by atoms with Crippen LogP contribution < -0.4 is 18.9 Å². The average Bonchev–Trinajstić information content (AvgIpc) is 4.03. The first-order valence-electron chi connectivity index (χ1n) is 24.8.